The van der Waals surface area contributed by atoms with Crippen LogP contribution in [0.15, 0.2) is 29.2 Å². The molecule has 0 bridgehead atoms. The third-order valence-electron chi connectivity index (χ3n) is 6.98. The number of hydrogen-bond acceptors (Lipinski definition) is 8. The molecule has 190 valence electrons. The normalized spacial score (nSPS) is 28.3. The van der Waals surface area contributed by atoms with E-state index in [1.54, 1.807) is 19.1 Å². The van der Waals surface area contributed by atoms with Gasteiger partial charge in [-0.1, -0.05) is 0 Å². The number of alkyl carbamates (subject to hydrolysis) is 1. The van der Waals surface area contributed by atoms with Gasteiger partial charge in [-0.2, -0.15) is 0 Å². The summed E-state index contributed by atoms with van der Waals surface area (Å²) in [6.45, 7) is 7.92. The lowest BCUT2D eigenvalue weighted by Crippen LogP contribution is -2.34. The first-order chi connectivity index (χ1) is 16.7. The van der Waals surface area contributed by atoms with E-state index in [1.807, 2.05) is 19.1 Å². The number of benzene rings is 1. The Bertz CT molecular complexity index is 761. The van der Waals surface area contributed by atoms with Crippen LogP contribution in [-0.4, -0.2) is 75.8 Å². The van der Waals surface area contributed by atoms with Crippen molar-refractivity contribution in [3.63, 3.8) is 0 Å². The van der Waals surface area contributed by atoms with Crippen molar-refractivity contribution >= 4 is 18.0 Å². The number of carbonyl (C=O) groups is 1. The van der Waals surface area contributed by atoms with Gasteiger partial charge in [0.05, 0.1) is 13.7 Å². The van der Waals surface area contributed by atoms with Crippen LogP contribution in [0.1, 0.15) is 32.6 Å². The van der Waals surface area contributed by atoms with Gasteiger partial charge in [-0.15, -0.1) is 0 Å². The molecule has 9 heteroatoms. The van der Waals surface area contributed by atoms with Gasteiger partial charge in [-0.05, 0) is 87.8 Å². The molecule has 3 aliphatic rings. The molecular weight excluding hydrogens is 454 g/mol. The van der Waals surface area contributed by atoms with E-state index in [2.05, 4.69) is 27.1 Å². The lowest BCUT2D eigenvalue weighted by atomic mass is 9.98. The first-order valence-electron chi connectivity index (χ1n) is 12.6. The standard InChI is InChI=1S/C25H39N3O5S/c1-3-31-24-21-9-10-23(22(21)17-32-24)33-25(29)27-12-4-14-28(16-18-11-13-26-15-18)34-20-7-5-19(30-2)6-8-20/h5-8,18,21-24,26H,3-4,9-17H2,1-2H3,(H,27,29). The zero-order chi connectivity index (χ0) is 23.8. The Balaban J connectivity index is 1.19. The molecule has 1 aliphatic carbocycles. The van der Waals surface area contributed by atoms with Gasteiger partial charge in [0.2, 0.25) is 0 Å². The smallest absolute Gasteiger partial charge is 0.407 e. The molecule has 2 heterocycles. The highest BCUT2D eigenvalue weighted by Gasteiger charge is 2.48. The lowest BCUT2D eigenvalue weighted by Gasteiger charge is -2.24. The summed E-state index contributed by atoms with van der Waals surface area (Å²) in [5.74, 6) is 2.11. The number of methoxy groups -OCH3 is 1. The summed E-state index contributed by atoms with van der Waals surface area (Å²) in [5.41, 5.74) is 0. The van der Waals surface area contributed by atoms with Gasteiger partial charge in [0.15, 0.2) is 6.29 Å². The highest BCUT2D eigenvalue weighted by atomic mass is 32.2. The molecule has 2 aliphatic heterocycles. The maximum atomic E-state index is 12.4. The quantitative estimate of drug-likeness (QED) is 0.338. The third kappa shape index (κ3) is 7.01. The molecule has 0 radical (unpaired) electrons. The Morgan fingerprint density at radius 2 is 2.09 bits per heavy atom. The Labute approximate surface area is 207 Å². The van der Waals surface area contributed by atoms with Crippen molar-refractivity contribution in [2.24, 2.45) is 17.8 Å². The number of rotatable bonds is 12. The second-order valence-electron chi connectivity index (χ2n) is 9.30. The number of carbonyl (C=O) groups excluding carboxylic acids is 1. The lowest BCUT2D eigenvalue weighted by molar-refractivity contribution is -0.128. The molecule has 0 aromatic heterocycles. The Morgan fingerprint density at radius 1 is 1.24 bits per heavy atom. The van der Waals surface area contributed by atoms with Gasteiger partial charge in [0.25, 0.3) is 0 Å². The molecule has 0 spiro atoms. The van der Waals surface area contributed by atoms with Crippen molar-refractivity contribution in [3.05, 3.63) is 24.3 Å². The Hall–Kier alpha value is -1.52. The molecule has 2 N–H and O–H groups in total. The van der Waals surface area contributed by atoms with E-state index in [-0.39, 0.29) is 24.4 Å². The van der Waals surface area contributed by atoms with E-state index < -0.39 is 0 Å². The molecule has 1 amide bonds. The maximum Gasteiger partial charge on any atom is 0.407 e. The molecule has 5 unspecified atom stereocenters. The van der Waals surface area contributed by atoms with E-state index in [0.29, 0.717) is 31.6 Å². The van der Waals surface area contributed by atoms with Gasteiger partial charge < -0.3 is 29.6 Å². The van der Waals surface area contributed by atoms with Crippen molar-refractivity contribution < 1.29 is 23.7 Å². The van der Waals surface area contributed by atoms with Crippen LogP contribution >= 0.6 is 11.9 Å². The number of hydrogen-bond donors (Lipinski definition) is 2. The summed E-state index contributed by atoms with van der Waals surface area (Å²) in [7, 11) is 1.68. The van der Waals surface area contributed by atoms with Crippen LogP contribution in [0.3, 0.4) is 0 Å². The van der Waals surface area contributed by atoms with Gasteiger partial charge in [0, 0.05) is 43.0 Å². The fraction of sp³-hybridized carbons (Fsp3) is 0.720. The topological polar surface area (TPSA) is 81.3 Å². The largest absolute Gasteiger partial charge is 0.497 e. The molecule has 3 fully saturated rings. The number of ether oxygens (including phenoxy) is 4. The van der Waals surface area contributed by atoms with E-state index >= 15 is 0 Å². The molecule has 1 aromatic rings. The average molecular weight is 494 g/mol. The monoisotopic (exact) mass is 493 g/mol. The van der Waals surface area contributed by atoms with Crippen LogP contribution in [0.2, 0.25) is 0 Å². The minimum atomic E-state index is -0.320. The zero-order valence-corrected chi connectivity index (χ0v) is 21.2. The molecule has 2 saturated heterocycles. The zero-order valence-electron chi connectivity index (χ0n) is 20.4. The van der Waals surface area contributed by atoms with Crippen LogP contribution < -0.4 is 15.4 Å². The Morgan fingerprint density at radius 3 is 2.82 bits per heavy atom. The number of nitrogens with one attached hydrogen (secondary N) is 2. The molecule has 4 rings (SSSR count). The van der Waals surface area contributed by atoms with E-state index in [0.717, 1.165) is 51.2 Å². The van der Waals surface area contributed by atoms with Gasteiger partial charge in [-0.25, -0.2) is 9.10 Å². The van der Waals surface area contributed by atoms with E-state index in [9.17, 15) is 4.79 Å². The second-order valence-corrected chi connectivity index (χ2v) is 10.5. The molecule has 1 saturated carbocycles. The summed E-state index contributed by atoms with van der Waals surface area (Å²) in [4.78, 5) is 13.6. The summed E-state index contributed by atoms with van der Waals surface area (Å²) < 4.78 is 24.9. The molecule has 8 nitrogen and oxygen atoms in total. The molecular formula is C25H39N3O5S. The number of nitrogens with zero attached hydrogens (tertiary/aromatic N) is 1. The fourth-order valence-corrected chi connectivity index (χ4v) is 6.25. The van der Waals surface area contributed by atoms with Gasteiger partial charge in [0.1, 0.15) is 11.9 Å². The minimum absolute atomic E-state index is 0.0764. The molecule has 1 aromatic carbocycles. The van der Waals surface area contributed by atoms with Crippen molar-refractivity contribution in [2.45, 2.75) is 49.9 Å². The Kier molecular flexibility index (Phi) is 9.76. The highest BCUT2D eigenvalue weighted by molar-refractivity contribution is 7.97. The fourth-order valence-electron chi connectivity index (χ4n) is 5.18. The third-order valence-corrected chi connectivity index (χ3v) is 8.05. The molecule has 34 heavy (non-hydrogen) atoms. The van der Waals surface area contributed by atoms with Crippen LogP contribution in [0.4, 0.5) is 4.79 Å². The van der Waals surface area contributed by atoms with Gasteiger partial charge >= 0.3 is 6.09 Å². The predicted octanol–water partition coefficient (Wildman–Crippen LogP) is 3.52. The van der Waals surface area contributed by atoms with E-state index in [1.165, 1.54) is 11.3 Å². The van der Waals surface area contributed by atoms with Gasteiger partial charge in [-0.3, -0.25) is 0 Å². The minimum Gasteiger partial charge on any atom is -0.497 e. The first-order valence-corrected chi connectivity index (χ1v) is 13.4. The molecule has 5 atom stereocenters. The number of fused-ring (bicyclic) bond motifs is 1. The highest BCUT2D eigenvalue weighted by Crippen LogP contribution is 2.42. The van der Waals surface area contributed by atoms with Crippen LogP contribution in [0.5, 0.6) is 5.75 Å². The van der Waals surface area contributed by atoms with Crippen molar-refractivity contribution in [1.82, 2.24) is 14.9 Å². The second kappa shape index (κ2) is 13.0. The number of amides is 1. The predicted molar refractivity (Wildman–Crippen MR) is 132 cm³/mol. The van der Waals surface area contributed by atoms with E-state index in [4.69, 9.17) is 18.9 Å². The van der Waals surface area contributed by atoms with Crippen molar-refractivity contribution in [2.75, 3.05) is 53.0 Å². The van der Waals surface area contributed by atoms with Crippen molar-refractivity contribution in [3.8, 4) is 5.75 Å². The summed E-state index contributed by atoms with van der Waals surface area (Å²) in [6, 6.07) is 8.18. The first kappa shape index (κ1) is 25.6. The summed E-state index contributed by atoms with van der Waals surface area (Å²) in [5, 5.41) is 6.41. The maximum absolute atomic E-state index is 12.4. The van der Waals surface area contributed by atoms with Crippen LogP contribution in [0, 0.1) is 17.8 Å². The summed E-state index contributed by atoms with van der Waals surface area (Å²) in [6.07, 6.45) is 3.41. The summed E-state index contributed by atoms with van der Waals surface area (Å²) >= 11 is 1.77. The van der Waals surface area contributed by atoms with Crippen LogP contribution in [-0.2, 0) is 14.2 Å². The van der Waals surface area contributed by atoms with Crippen LogP contribution in [0.25, 0.3) is 0 Å². The SMILES string of the molecule is CCOC1OCC2C(OC(=O)NCCCN(CC3CCNC3)Sc3ccc(OC)cc3)CCC12. The average Bonchev–Trinajstić information content (AvgIpc) is 3.58. The van der Waals surface area contributed by atoms with Crippen molar-refractivity contribution in [1.29, 1.82) is 0 Å².